The largest absolute Gasteiger partial charge is 0.157 e. The van der Waals surface area contributed by atoms with Crippen molar-refractivity contribution in [3.63, 3.8) is 0 Å². The number of rotatable bonds is 0. The molecule has 0 bridgehead atoms. The minimum Gasteiger partial charge on any atom is -0.0622 e. The summed E-state index contributed by atoms with van der Waals surface area (Å²) < 4.78 is 0. The highest BCUT2D eigenvalue weighted by atomic mass is 32.4. The van der Waals surface area contributed by atoms with Crippen molar-refractivity contribution < 1.29 is 0 Å². The first kappa shape index (κ1) is 17.8. The summed E-state index contributed by atoms with van der Waals surface area (Å²) in [6.45, 7) is 0. The SMILES string of the molecule is S=P(C#Cc1ccccc1)(C#Cc1ccccc1)C#Cc1ccccc1. The maximum absolute atomic E-state index is 5.79. The van der Waals surface area contributed by atoms with Gasteiger partial charge in [0.2, 0.25) is 0 Å². The molecule has 0 unspecified atom stereocenters. The molecular formula is C24H15PS. The van der Waals surface area contributed by atoms with Gasteiger partial charge in [-0.25, -0.2) is 0 Å². The van der Waals surface area contributed by atoms with Crippen molar-refractivity contribution in [3.05, 3.63) is 108 Å². The molecule has 26 heavy (non-hydrogen) atoms. The summed E-state index contributed by atoms with van der Waals surface area (Å²) in [6.07, 6.45) is 0. The minimum atomic E-state index is -2.47. The molecule has 3 aromatic carbocycles. The van der Waals surface area contributed by atoms with Gasteiger partial charge in [-0.05, 0) is 53.4 Å². The van der Waals surface area contributed by atoms with Crippen LogP contribution >= 0.6 is 6.04 Å². The maximum atomic E-state index is 5.79. The summed E-state index contributed by atoms with van der Waals surface area (Å²) in [4.78, 5) is 0. The monoisotopic (exact) mass is 366 g/mol. The second kappa shape index (κ2) is 8.90. The highest BCUT2D eigenvalue weighted by Gasteiger charge is 2.05. The molecule has 0 radical (unpaired) electrons. The molecule has 0 aliphatic carbocycles. The Kier molecular flexibility index (Phi) is 6.09. The smallest absolute Gasteiger partial charge is 0.0622 e. The Labute approximate surface area is 160 Å². The highest BCUT2D eigenvalue weighted by molar-refractivity contribution is 8.22. The van der Waals surface area contributed by atoms with Crippen LogP contribution in [0.3, 0.4) is 0 Å². The predicted molar refractivity (Wildman–Crippen MR) is 114 cm³/mol. The average Bonchev–Trinajstić information content (AvgIpc) is 2.72. The van der Waals surface area contributed by atoms with Crippen LogP contribution in [-0.2, 0) is 11.8 Å². The van der Waals surface area contributed by atoms with Gasteiger partial charge < -0.3 is 0 Å². The van der Waals surface area contributed by atoms with Gasteiger partial charge in [0.05, 0.1) is 0 Å². The van der Waals surface area contributed by atoms with Crippen LogP contribution in [0.25, 0.3) is 0 Å². The zero-order valence-corrected chi connectivity index (χ0v) is 15.7. The van der Waals surface area contributed by atoms with E-state index < -0.39 is 6.04 Å². The molecule has 0 heterocycles. The van der Waals surface area contributed by atoms with Crippen LogP contribution in [0.4, 0.5) is 0 Å². The zero-order valence-electron chi connectivity index (χ0n) is 14.0. The zero-order chi connectivity index (χ0) is 18.1. The van der Waals surface area contributed by atoms with Gasteiger partial charge >= 0.3 is 0 Å². The molecule has 122 valence electrons. The molecule has 0 aromatic heterocycles. The first-order valence-corrected chi connectivity index (χ1v) is 10.9. The molecule has 0 saturated carbocycles. The summed E-state index contributed by atoms with van der Waals surface area (Å²) in [7, 11) is 0. The standard InChI is InChI=1S/C24H15PS/c26-25(19-16-22-10-4-1-5-11-22,20-17-23-12-6-2-7-13-23)21-18-24-14-8-3-9-15-24/h1-15H. The molecule has 0 fully saturated rings. The van der Waals surface area contributed by atoms with Crippen molar-refractivity contribution in [2.24, 2.45) is 0 Å². The lowest BCUT2D eigenvalue weighted by atomic mass is 10.2. The summed E-state index contributed by atoms with van der Waals surface area (Å²) in [5.41, 5.74) is 12.3. The Morgan fingerprint density at radius 3 is 1.00 bits per heavy atom. The normalized spacial score (nSPS) is 9.54. The van der Waals surface area contributed by atoms with Crippen molar-refractivity contribution in [3.8, 4) is 34.7 Å². The Morgan fingerprint density at radius 1 is 0.462 bits per heavy atom. The third-order valence-electron chi connectivity index (χ3n) is 3.39. The average molecular weight is 366 g/mol. The van der Waals surface area contributed by atoms with E-state index in [9.17, 15) is 0 Å². The summed E-state index contributed by atoms with van der Waals surface area (Å²) in [5.74, 6) is 9.44. The second-order valence-electron chi connectivity index (χ2n) is 5.42. The van der Waals surface area contributed by atoms with Crippen molar-refractivity contribution >= 4 is 17.8 Å². The molecule has 0 saturated heterocycles. The van der Waals surface area contributed by atoms with Crippen LogP contribution in [-0.4, -0.2) is 0 Å². The van der Waals surface area contributed by atoms with E-state index in [1.807, 2.05) is 91.0 Å². The van der Waals surface area contributed by atoms with Gasteiger partial charge in [0, 0.05) is 16.7 Å². The molecule has 0 spiro atoms. The molecular weight excluding hydrogens is 351 g/mol. The van der Waals surface area contributed by atoms with Crippen molar-refractivity contribution in [2.45, 2.75) is 0 Å². The van der Waals surface area contributed by atoms with Crippen LogP contribution < -0.4 is 0 Å². The van der Waals surface area contributed by atoms with E-state index in [2.05, 4.69) is 34.7 Å². The van der Waals surface area contributed by atoms with Crippen molar-refractivity contribution in [1.29, 1.82) is 0 Å². The van der Waals surface area contributed by atoms with Gasteiger partial charge in [0.1, 0.15) is 0 Å². The summed E-state index contributed by atoms with van der Waals surface area (Å²) in [6, 6.07) is 26.9. The summed E-state index contributed by atoms with van der Waals surface area (Å²) >= 11 is 5.79. The van der Waals surface area contributed by atoms with E-state index in [4.69, 9.17) is 11.8 Å². The lowest BCUT2D eigenvalue weighted by Crippen LogP contribution is -1.76. The molecule has 0 N–H and O–H groups in total. The van der Waals surface area contributed by atoms with Crippen molar-refractivity contribution in [1.82, 2.24) is 0 Å². The molecule has 3 rings (SSSR count). The Bertz CT molecular complexity index is 952. The van der Waals surface area contributed by atoms with E-state index in [0.29, 0.717) is 0 Å². The third-order valence-corrected chi connectivity index (χ3v) is 5.50. The highest BCUT2D eigenvalue weighted by Crippen LogP contribution is 2.42. The van der Waals surface area contributed by atoms with E-state index in [0.717, 1.165) is 16.7 Å². The van der Waals surface area contributed by atoms with Gasteiger partial charge in [-0.2, -0.15) is 0 Å². The number of benzene rings is 3. The fourth-order valence-corrected chi connectivity index (χ4v) is 3.52. The minimum absolute atomic E-state index is 0.921. The van der Waals surface area contributed by atoms with Crippen LogP contribution in [0.1, 0.15) is 16.7 Å². The van der Waals surface area contributed by atoms with Gasteiger partial charge in [-0.15, -0.1) is 0 Å². The topological polar surface area (TPSA) is 0 Å². The molecule has 0 amide bonds. The molecule has 0 aliphatic rings. The van der Waals surface area contributed by atoms with Gasteiger partial charge in [0.25, 0.3) is 0 Å². The first-order chi connectivity index (χ1) is 12.7. The van der Waals surface area contributed by atoms with Gasteiger partial charge in [-0.3, -0.25) is 0 Å². The molecule has 0 aliphatic heterocycles. The molecule has 0 nitrogen and oxygen atoms in total. The fraction of sp³-hybridized carbons (Fsp3) is 0. The Hall–Kier alpha value is -3.01. The van der Waals surface area contributed by atoms with Crippen LogP contribution in [0.5, 0.6) is 0 Å². The third kappa shape index (κ3) is 5.52. The second-order valence-corrected chi connectivity index (χ2v) is 8.95. The molecule has 0 atom stereocenters. The van der Waals surface area contributed by atoms with E-state index in [1.54, 1.807) is 0 Å². The quantitative estimate of drug-likeness (QED) is 0.374. The van der Waals surface area contributed by atoms with Crippen LogP contribution in [0.15, 0.2) is 91.0 Å². The van der Waals surface area contributed by atoms with E-state index >= 15 is 0 Å². The maximum Gasteiger partial charge on any atom is 0.157 e. The van der Waals surface area contributed by atoms with Gasteiger partial charge in [0.15, 0.2) is 6.04 Å². The van der Waals surface area contributed by atoms with Crippen LogP contribution in [0.2, 0.25) is 0 Å². The lowest BCUT2D eigenvalue weighted by molar-refractivity contribution is 1.65. The lowest BCUT2D eigenvalue weighted by Gasteiger charge is -1.98. The fourth-order valence-electron chi connectivity index (χ4n) is 2.08. The van der Waals surface area contributed by atoms with Crippen LogP contribution in [0, 0.1) is 34.7 Å². The van der Waals surface area contributed by atoms with Crippen molar-refractivity contribution in [2.75, 3.05) is 0 Å². The number of hydrogen-bond donors (Lipinski definition) is 0. The number of hydrogen-bond acceptors (Lipinski definition) is 1. The van der Waals surface area contributed by atoms with Gasteiger partial charge in [-0.1, -0.05) is 84.2 Å². The summed E-state index contributed by atoms with van der Waals surface area (Å²) in [5, 5.41) is 0. The van der Waals surface area contributed by atoms with E-state index in [-0.39, 0.29) is 0 Å². The van der Waals surface area contributed by atoms with E-state index in [1.165, 1.54) is 0 Å². The molecule has 3 aromatic rings. The Balaban J connectivity index is 1.99. The first-order valence-electron chi connectivity index (χ1n) is 8.09. The molecule has 2 heteroatoms. The Morgan fingerprint density at radius 2 is 0.731 bits per heavy atom. The predicted octanol–water partition coefficient (Wildman–Crippen LogP) is 5.49.